The molecule has 20 heavy (non-hydrogen) atoms. The Morgan fingerprint density at radius 3 is 2.40 bits per heavy atom. The van der Waals surface area contributed by atoms with Gasteiger partial charge < -0.3 is 11.1 Å². The van der Waals surface area contributed by atoms with E-state index < -0.39 is 0 Å². The molecular weight excluding hydrogens is 268 g/mol. The number of hydrogen-bond acceptors (Lipinski definition) is 4. The fourth-order valence-corrected chi connectivity index (χ4v) is 2.18. The minimum absolute atomic E-state index is 0.273. The molecule has 2 rings (SSSR count). The molecule has 1 aromatic heterocycles. The summed E-state index contributed by atoms with van der Waals surface area (Å²) >= 11 is 4.94. The molecule has 0 spiro atoms. The lowest BCUT2D eigenvalue weighted by atomic mass is 10.0. The number of para-hydroxylation sites is 1. The SMILES string of the molecule is CCc1cccc(CC)c1Nc1nccc(C(N)=S)n1. The Balaban J connectivity index is 2.39. The van der Waals surface area contributed by atoms with Crippen LogP contribution >= 0.6 is 12.2 Å². The highest BCUT2D eigenvalue weighted by molar-refractivity contribution is 7.80. The van der Waals surface area contributed by atoms with Gasteiger partial charge in [-0.1, -0.05) is 44.3 Å². The first kappa shape index (κ1) is 14.4. The van der Waals surface area contributed by atoms with Crippen LogP contribution in [0.25, 0.3) is 0 Å². The maximum atomic E-state index is 5.60. The van der Waals surface area contributed by atoms with Gasteiger partial charge in [-0.05, 0) is 30.0 Å². The van der Waals surface area contributed by atoms with Crippen molar-refractivity contribution in [1.29, 1.82) is 0 Å². The predicted octanol–water partition coefficient (Wildman–Crippen LogP) is 2.98. The smallest absolute Gasteiger partial charge is 0.227 e. The Hall–Kier alpha value is -2.01. The van der Waals surface area contributed by atoms with Gasteiger partial charge in [0, 0.05) is 11.9 Å². The topological polar surface area (TPSA) is 63.8 Å². The molecule has 0 fully saturated rings. The van der Waals surface area contributed by atoms with E-state index >= 15 is 0 Å². The van der Waals surface area contributed by atoms with Crippen molar-refractivity contribution >= 4 is 28.8 Å². The van der Waals surface area contributed by atoms with Crippen molar-refractivity contribution in [3.8, 4) is 0 Å². The lowest BCUT2D eigenvalue weighted by Gasteiger charge is -2.14. The summed E-state index contributed by atoms with van der Waals surface area (Å²) in [5, 5.41) is 3.30. The van der Waals surface area contributed by atoms with Crippen LogP contribution in [-0.2, 0) is 12.8 Å². The molecule has 0 bridgehead atoms. The third-order valence-electron chi connectivity index (χ3n) is 3.14. The third-order valence-corrected chi connectivity index (χ3v) is 3.35. The lowest BCUT2D eigenvalue weighted by Crippen LogP contribution is -2.13. The number of aryl methyl sites for hydroxylation is 2. The second kappa shape index (κ2) is 6.43. The lowest BCUT2D eigenvalue weighted by molar-refractivity contribution is 1.07. The van der Waals surface area contributed by atoms with Crippen LogP contribution in [-0.4, -0.2) is 15.0 Å². The maximum absolute atomic E-state index is 5.60. The summed E-state index contributed by atoms with van der Waals surface area (Å²) in [4.78, 5) is 8.83. The van der Waals surface area contributed by atoms with Crippen molar-refractivity contribution in [3.63, 3.8) is 0 Å². The van der Waals surface area contributed by atoms with E-state index in [0.717, 1.165) is 18.5 Å². The molecule has 3 N–H and O–H groups in total. The van der Waals surface area contributed by atoms with Crippen LogP contribution in [0.2, 0.25) is 0 Å². The Bertz CT molecular complexity index is 603. The van der Waals surface area contributed by atoms with Crippen molar-refractivity contribution in [2.75, 3.05) is 5.32 Å². The van der Waals surface area contributed by atoms with E-state index in [2.05, 4.69) is 47.3 Å². The van der Waals surface area contributed by atoms with Gasteiger partial charge in [0.15, 0.2) is 0 Å². The van der Waals surface area contributed by atoms with Gasteiger partial charge in [0.2, 0.25) is 5.95 Å². The monoisotopic (exact) mass is 286 g/mol. The molecule has 0 radical (unpaired) electrons. The van der Waals surface area contributed by atoms with E-state index in [0.29, 0.717) is 11.6 Å². The zero-order valence-corrected chi connectivity index (χ0v) is 12.5. The number of aromatic nitrogens is 2. The fourth-order valence-electron chi connectivity index (χ4n) is 2.07. The minimum Gasteiger partial charge on any atom is -0.388 e. The summed E-state index contributed by atoms with van der Waals surface area (Å²) in [5.74, 6) is 0.519. The predicted molar refractivity (Wildman–Crippen MR) is 86.4 cm³/mol. The van der Waals surface area contributed by atoms with E-state index in [9.17, 15) is 0 Å². The van der Waals surface area contributed by atoms with Gasteiger partial charge in [-0.3, -0.25) is 0 Å². The van der Waals surface area contributed by atoms with Crippen molar-refractivity contribution in [2.45, 2.75) is 26.7 Å². The van der Waals surface area contributed by atoms with Crippen LogP contribution in [0.3, 0.4) is 0 Å². The maximum Gasteiger partial charge on any atom is 0.227 e. The van der Waals surface area contributed by atoms with E-state index in [1.54, 1.807) is 12.3 Å². The van der Waals surface area contributed by atoms with E-state index in [-0.39, 0.29) is 4.99 Å². The number of anilines is 2. The number of nitrogens with zero attached hydrogens (tertiary/aromatic N) is 2. The van der Waals surface area contributed by atoms with Crippen LogP contribution in [0.1, 0.15) is 30.7 Å². The fraction of sp³-hybridized carbons (Fsp3) is 0.267. The van der Waals surface area contributed by atoms with Gasteiger partial charge in [-0.25, -0.2) is 9.97 Å². The highest BCUT2D eigenvalue weighted by Crippen LogP contribution is 2.25. The number of thiocarbonyl (C=S) groups is 1. The number of nitrogens with two attached hydrogens (primary N) is 1. The molecule has 0 aliphatic carbocycles. The molecule has 0 aliphatic heterocycles. The number of rotatable bonds is 5. The van der Waals surface area contributed by atoms with Crippen molar-refractivity contribution in [3.05, 3.63) is 47.3 Å². The number of nitrogens with one attached hydrogen (secondary N) is 1. The standard InChI is InChI=1S/C15H18N4S/c1-3-10-6-5-7-11(4-2)13(10)19-15-17-9-8-12(18-15)14(16)20/h5-9H,3-4H2,1-2H3,(H2,16,20)(H,17,18,19). The molecular formula is C15H18N4S. The summed E-state index contributed by atoms with van der Waals surface area (Å²) in [6, 6.07) is 8.01. The van der Waals surface area contributed by atoms with E-state index in [1.165, 1.54) is 11.1 Å². The van der Waals surface area contributed by atoms with E-state index in [4.69, 9.17) is 18.0 Å². The third kappa shape index (κ3) is 3.11. The zero-order valence-electron chi connectivity index (χ0n) is 11.7. The van der Waals surface area contributed by atoms with Gasteiger partial charge in [0.25, 0.3) is 0 Å². The van der Waals surface area contributed by atoms with Gasteiger partial charge in [0.1, 0.15) is 10.7 Å². The van der Waals surface area contributed by atoms with Crippen molar-refractivity contribution in [1.82, 2.24) is 9.97 Å². The van der Waals surface area contributed by atoms with Crippen molar-refractivity contribution < 1.29 is 0 Å². The largest absolute Gasteiger partial charge is 0.388 e. The molecule has 104 valence electrons. The quantitative estimate of drug-likeness (QED) is 0.827. The van der Waals surface area contributed by atoms with E-state index in [1.807, 2.05) is 0 Å². The first-order chi connectivity index (χ1) is 9.65. The molecule has 0 saturated heterocycles. The van der Waals surface area contributed by atoms with Gasteiger partial charge in [0.05, 0.1) is 0 Å². The summed E-state index contributed by atoms with van der Waals surface area (Å²) < 4.78 is 0. The molecule has 4 nitrogen and oxygen atoms in total. The molecule has 0 unspecified atom stereocenters. The number of hydrogen-bond donors (Lipinski definition) is 2. The Kier molecular flexibility index (Phi) is 4.63. The zero-order chi connectivity index (χ0) is 14.5. The van der Waals surface area contributed by atoms with Gasteiger partial charge in [-0.2, -0.15) is 0 Å². The van der Waals surface area contributed by atoms with Crippen LogP contribution in [0.4, 0.5) is 11.6 Å². The van der Waals surface area contributed by atoms with Crippen LogP contribution < -0.4 is 11.1 Å². The first-order valence-corrected chi connectivity index (χ1v) is 7.07. The van der Waals surface area contributed by atoms with Crippen molar-refractivity contribution in [2.24, 2.45) is 5.73 Å². The van der Waals surface area contributed by atoms with Crippen LogP contribution in [0.15, 0.2) is 30.5 Å². The molecule has 0 amide bonds. The molecule has 2 aromatic rings. The second-order valence-corrected chi connectivity index (χ2v) is 4.85. The van der Waals surface area contributed by atoms with Gasteiger partial charge in [-0.15, -0.1) is 0 Å². The van der Waals surface area contributed by atoms with Crippen LogP contribution in [0.5, 0.6) is 0 Å². The number of benzene rings is 1. The summed E-state index contributed by atoms with van der Waals surface area (Å²) in [6.07, 6.45) is 3.56. The molecule has 5 heteroatoms. The minimum atomic E-state index is 0.273. The second-order valence-electron chi connectivity index (χ2n) is 4.41. The molecule has 1 aromatic carbocycles. The molecule has 0 atom stereocenters. The average molecular weight is 286 g/mol. The Morgan fingerprint density at radius 1 is 1.20 bits per heavy atom. The summed E-state index contributed by atoms with van der Waals surface area (Å²) in [5.41, 5.74) is 9.74. The first-order valence-electron chi connectivity index (χ1n) is 6.66. The highest BCUT2D eigenvalue weighted by atomic mass is 32.1. The Morgan fingerprint density at radius 2 is 1.85 bits per heavy atom. The molecule has 1 heterocycles. The molecule has 0 aliphatic rings. The van der Waals surface area contributed by atoms with Gasteiger partial charge >= 0.3 is 0 Å². The van der Waals surface area contributed by atoms with Crippen LogP contribution in [0, 0.1) is 0 Å². The average Bonchev–Trinajstić information content (AvgIpc) is 2.47. The highest BCUT2D eigenvalue weighted by Gasteiger charge is 2.08. The molecule has 0 saturated carbocycles. The Labute approximate surface area is 124 Å². The normalized spacial score (nSPS) is 10.3. The summed E-state index contributed by atoms with van der Waals surface area (Å²) in [7, 11) is 0. The summed E-state index contributed by atoms with van der Waals surface area (Å²) in [6.45, 7) is 4.26.